The summed E-state index contributed by atoms with van der Waals surface area (Å²) in [6.07, 6.45) is -2.79. The molecule has 4 rings (SSSR count). The Hall–Kier alpha value is -1.67. The van der Waals surface area contributed by atoms with Gasteiger partial charge in [0.2, 0.25) is 0 Å². The Morgan fingerprint density at radius 2 is 1.96 bits per heavy atom. The minimum atomic E-state index is -4.08. The zero-order chi connectivity index (χ0) is 18.3. The fourth-order valence-electron chi connectivity index (χ4n) is 4.05. The van der Waals surface area contributed by atoms with Crippen LogP contribution in [0.25, 0.3) is 5.65 Å². The van der Waals surface area contributed by atoms with Crippen molar-refractivity contribution in [1.82, 2.24) is 19.9 Å². The van der Waals surface area contributed by atoms with E-state index in [4.69, 9.17) is 9.84 Å². The molecule has 0 bridgehead atoms. The van der Waals surface area contributed by atoms with Gasteiger partial charge in [-0.2, -0.15) is 18.3 Å². The van der Waals surface area contributed by atoms with E-state index in [9.17, 15) is 13.2 Å². The molecule has 5 nitrogen and oxygen atoms in total. The number of hydrogen-bond acceptors (Lipinski definition) is 4. The number of aromatic nitrogens is 3. The normalized spacial score (nSPS) is 27.8. The van der Waals surface area contributed by atoms with Crippen molar-refractivity contribution < 1.29 is 17.9 Å². The molecular weight excluding hydrogens is 345 g/mol. The van der Waals surface area contributed by atoms with E-state index in [-0.39, 0.29) is 24.9 Å². The summed E-state index contributed by atoms with van der Waals surface area (Å²) in [7, 11) is 0. The van der Waals surface area contributed by atoms with E-state index in [0.29, 0.717) is 26.0 Å². The van der Waals surface area contributed by atoms with Crippen LogP contribution in [-0.4, -0.2) is 40.5 Å². The molecule has 0 spiro atoms. The van der Waals surface area contributed by atoms with Gasteiger partial charge in [0.15, 0.2) is 5.65 Å². The Bertz CT molecular complexity index is 775. The van der Waals surface area contributed by atoms with Crippen LogP contribution < -0.4 is 5.32 Å². The Morgan fingerprint density at radius 3 is 2.62 bits per heavy atom. The van der Waals surface area contributed by atoms with Crippen LogP contribution in [0.15, 0.2) is 12.1 Å². The summed E-state index contributed by atoms with van der Waals surface area (Å²) in [4.78, 5) is 4.55. The summed E-state index contributed by atoms with van der Waals surface area (Å²) >= 11 is 0. The fourth-order valence-corrected chi connectivity index (χ4v) is 4.05. The fraction of sp³-hybridized carbons (Fsp3) is 0.667. The first-order valence-electron chi connectivity index (χ1n) is 9.18. The van der Waals surface area contributed by atoms with Gasteiger partial charge in [0.25, 0.3) is 0 Å². The van der Waals surface area contributed by atoms with Crippen LogP contribution >= 0.6 is 0 Å². The molecule has 0 radical (unpaired) electrons. The van der Waals surface area contributed by atoms with Crippen molar-refractivity contribution in [3.8, 4) is 0 Å². The monoisotopic (exact) mass is 368 g/mol. The first-order valence-corrected chi connectivity index (χ1v) is 9.18. The number of alkyl halides is 3. The molecule has 1 atom stereocenters. The van der Waals surface area contributed by atoms with Crippen LogP contribution in [0.4, 0.5) is 13.2 Å². The summed E-state index contributed by atoms with van der Waals surface area (Å²) in [5.74, 6) is -1.11. The van der Waals surface area contributed by atoms with E-state index in [1.54, 1.807) is 4.52 Å². The number of nitrogens with zero attached hydrogens (tertiary/aromatic N) is 3. The molecule has 1 aliphatic carbocycles. The van der Waals surface area contributed by atoms with Crippen LogP contribution in [0.5, 0.6) is 0 Å². The molecule has 0 aromatic carbocycles. The molecule has 2 aromatic heterocycles. The van der Waals surface area contributed by atoms with Crippen molar-refractivity contribution >= 4 is 5.65 Å². The maximum Gasteiger partial charge on any atom is 0.391 e. The highest BCUT2D eigenvalue weighted by molar-refractivity contribution is 5.43. The molecule has 0 amide bonds. The van der Waals surface area contributed by atoms with E-state index in [1.165, 1.54) is 0 Å². The second-order valence-corrected chi connectivity index (χ2v) is 7.32. The van der Waals surface area contributed by atoms with Gasteiger partial charge < -0.3 is 10.1 Å². The van der Waals surface area contributed by atoms with Crippen molar-refractivity contribution in [2.24, 2.45) is 5.92 Å². The zero-order valence-electron chi connectivity index (χ0n) is 14.7. The number of aryl methyl sites for hydroxylation is 1. The number of ether oxygens (including phenoxy) is 1. The van der Waals surface area contributed by atoms with Gasteiger partial charge in [-0.05, 0) is 38.7 Å². The summed E-state index contributed by atoms with van der Waals surface area (Å²) in [5.41, 5.74) is 3.40. The number of morpholine rings is 1. The highest BCUT2D eigenvalue weighted by atomic mass is 19.4. The minimum Gasteiger partial charge on any atom is -0.369 e. The van der Waals surface area contributed by atoms with Gasteiger partial charge in [-0.3, -0.25) is 0 Å². The molecule has 1 aliphatic heterocycles. The molecule has 26 heavy (non-hydrogen) atoms. The predicted octanol–water partition coefficient (Wildman–Crippen LogP) is 3.53. The number of nitrogens with one attached hydrogen (secondary N) is 1. The Kier molecular flexibility index (Phi) is 4.64. The van der Waals surface area contributed by atoms with Crippen LogP contribution in [-0.2, 0) is 4.74 Å². The molecule has 1 N–H and O–H groups in total. The second kappa shape index (κ2) is 6.81. The lowest BCUT2D eigenvalue weighted by Gasteiger charge is -2.28. The van der Waals surface area contributed by atoms with Crippen molar-refractivity contribution in [1.29, 1.82) is 0 Å². The van der Waals surface area contributed by atoms with Crippen molar-refractivity contribution in [2.45, 2.75) is 50.8 Å². The second-order valence-electron chi connectivity index (χ2n) is 7.32. The zero-order valence-corrected chi connectivity index (χ0v) is 14.7. The standard InChI is InChI=1S/C18H23F3N4O/c1-11-8-15(16-10-22-6-7-26-16)25-17(23-11)9-14(24-25)12-2-4-13(5-3-12)18(19,20)21/h8-9,12-13,16,22H,2-7,10H2,1H3/t12?,13?,16-/m0/s1. The third-order valence-electron chi connectivity index (χ3n) is 5.47. The molecular formula is C18H23F3N4O. The lowest BCUT2D eigenvalue weighted by Crippen LogP contribution is -2.34. The van der Waals surface area contributed by atoms with E-state index in [2.05, 4.69) is 10.3 Å². The third kappa shape index (κ3) is 3.44. The lowest BCUT2D eigenvalue weighted by atomic mass is 9.80. The Labute approximate surface area is 149 Å². The average Bonchev–Trinajstić information content (AvgIpc) is 3.05. The van der Waals surface area contributed by atoms with Crippen molar-refractivity contribution in [2.75, 3.05) is 19.7 Å². The van der Waals surface area contributed by atoms with Gasteiger partial charge in [-0.25, -0.2) is 9.50 Å². The van der Waals surface area contributed by atoms with E-state index in [0.717, 1.165) is 29.3 Å². The molecule has 8 heteroatoms. The quantitative estimate of drug-likeness (QED) is 0.881. The topological polar surface area (TPSA) is 51.5 Å². The Balaban J connectivity index is 1.60. The van der Waals surface area contributed by atoms with Crippen LogP contribution in [0.1, 0.15) is 54.8 Å². The number of fused-ring (bicyclic) bond motifs is 1. The van der Waals surface area contributed by atoms with Gasteiger partial charge in [0, 0.05) is 30.8 Å². The average molecular weight is 368 g/mol. The maximum absolute atomic E-state index is 12.9. The van der Waals surface area contributed by atoms with E-state index < -0.39 is 12.1 Å². The summed E-state index contributed by atoms with van der Waals surface area (Å²) in [5, 5.41) is 8.02. The molecule has 1 saturated carbocycles. The van der Waals surface area contributed by atoms with Crippen LogP contribution in [0, 0.1) is 12.8 Å². The molecule has 1 saturated heterocycles. The van der Waals surface area contributed by atoms with Gasteiger partial charge in [-0.15, -0.1) is 0 Å². The largest absolute Gasteiger partial charge is 0.391 e. The van der Waals surface area contributed by atoms with Crippen molar-refractivity contribution in [3.05, 3.63) is 29.2 Å². The smallest absolute Gasteiger partial charge is 0.369 e. The lowest BCUT2D eigenvalue weighted by molar-refractivity contribution is -0.182. The van der Waals surface area contributed by atoms with Gasteiger partial charge in [0.1, 0.15) is 6.10 Å². The number of hydrogen-bond donors (Lipinski definition) is 1. The Morgan fingerprint density at radius 1 is 1.19 bits per heavy atom. The molecule has 2 fully saturated rings. The van der Waals surface area contributed by atoms with Crippen molar-refractivity contribution in [3.63, 3.8) is 0 Å². The van der Waals surface area contributed by atoms with Crippen LogP contribution in [0.3, 0.4) is 0 Å². The number of halogens is 3. The molecule has 0 unspecified atom stereocenters. The molecule has 2 aliphatic rings. The first kappa shape index (κ1) is 17.7. The van der Waals surface area contributed by atoms with Gasteiger partial charge >= 0.3 is 6.18 Å². The maximum atomic E-state index is 12.9. The van der Waals surface area contributed by atoms with E-state index in [1.807, 2.05) is 19.1 Å². The highest BCUT2D eigenvalue weighted by Gasteiger charge is 2.42. The molecule has 142 valence electrons. The SMILES string of the molecule is Cc1cc([C@@H]2CNCCO2)n2nc(C3CCC(C(F)(F)F)CC3)cc2n1. The summed E-state index contributed by atoms with van der Waals surface area (Å²) in [6, 6.07) is 3.90. The molecule has 2 aromatic rings. The van der Waals surface area contributed by atoms with E-state index >= 15 is 0 Å². The minimum absolute atomic E-state index is 0.0638. The predicted molar refractivity (Wildman–Crippen MR) is 90.0 cm³/mol. The third-order valence-corrected chi connectivity index (χ3v) is 5.47. The molecule has 3 heterocycles. The first-order chi connectivity index (χ1) is 12.4. The highest BCUT2D eigenvalue weighted by Crippen LogP contribution is 2.42. The summed E-state index contributed by atoms with van der Waals surface area (Å²) < 4.78 is 46.3. The number of rotatable bonds is 2. The van der Waals surface area contributed by atoms with Crippen LogP contribution in [0.2, 0.25) is 0 Å². The van der Waals surface area contributed by atoms with Gasteiger partial charge in [-0.1, -0.05) is 0 Å². The van der Waals surface area contributed by atoms with Gasteiger partial charge in [0.05, 0.1) is 23.9 Å². The summed E-state index contributed by atoms with van der Waals surface area (Å²) in [6.45, 7) is 4.12.